The fourth-order valence-electron chi connectivity index (χ4n) is 2.42. The molecule has 0 radical (unpaired) electrons. The van der Waals surface area contributed by atoms with E-state index in [1.54, 1.807) is 29.5 Å². The molecule has 0 aliphatic carbocycles. The Morgan fingerprint density at radius 2 is 1.96 bits per heavy atom. The number of benzene rings is 1. The van der Waals surface area contributed by atoms with E-state index in [4.69, 9.17) is 0 Å². The third kappa shape index (κ3) is 5.76. The van der Waals surface area contributed by atoms with E-state index < -0.39 is 10.0 Å². The first kappa shape index (κ1) is 22.3. The summed E-state index contributed by atoms with van der Waals surface area (Å²) < 4.78 is 26.3. The second-order valence-corrected chi connectivity index (χ2v) is 9.83. The first-order valence-electron chi connectivity index (χ1n) is 9.22. The minimum absolute atomic E-state index is 0.258. The summed E-state index contributed by atoms with van der Waals surface area (Å²) in [5.74, 6) is 1.03. The van der Waals surface area contributed by atoms with E-state index in [1.807, 2.05) is 13.0 Å². The molecule has 0 bridgehead atoms. The van der Waals surface area contributed by atoms with Crippen LogP contribution in [0.25, 0.3) is 0 Å². The van der Waals surface area contributed by atoms with Crippen LogP contribution in [-0.2, 0) is 23.1 Å². The lowest BCUT2D eigenvalue weighted by Gasteiger charge is -2.15. The van der Waals surface area contributed by atoms with Gasteiger partial charge in [-0.1, -0.05) is 32.0 Å². The lowest BCUT2D eigenvalue weighted by Crippen LogP contribution is -2.36. The summed E-state index contributed by atoms with van der Waals surface area (Å²) in [5, 5.41) is 9.53. The highest BCUT2D eigenvalue weighted by molar-refractivity contribution is 7.89. The normalized spacial score (nSPS) is 12.6. The van der Waals surface area contributed by atoms with Gasteiger partial charge in [-0.15, -0.1) is 11.3 Å². The Morgan fingerprint density at radius 1 is 1.25 bits per heavy atom. The van der Waals surface area contributed by atoms with Crippen LogP contribution >= 0.6 is 11.3 Å². The van der Waals surface area contributed by atoms with Gasteiger partial charge in [-0.2, -0.15) is 0 Å². The van der Waals surface area contributed by atoms with E-state index in [-0.39, 0.29) is 11.4 Å². The quantitative estimate of drug-likeness (QED) is 0.504. The van der Waals surface area contributed by atoms with Gasteiger partial charge in [-0.05, 0) is 24.5 Å². The highest BCUT2D eigenvalue weighted by Gasteiger charge is 2.20. The molecular formula is C19H29N5O2S2. The zero-order chi connectivity index (χ0) is 20.7. The number of guanidine groups is 1. The van der Waals surface area contributed by atoms with Crippen LogP contribution < -0.4 is 10.6 Å². The number of thiazole rings is 1. The molecule has 28 heavy (non-hydrogen) atoms. The zero-order valence-electron chi connectivity index (χ0n) is 17.1. The van der Waals surface area contributed by atoms with Crippen LogP contribution in [0.4, 0.5) is 0 Å². The molecule has 2 rings (SSSR count). The predicted octanol–water partition coefficient (Wildman–Crippen LogP) is 2.77. The number of nitrogens with one attached hydrogen (secondary N) is 2. The first-order chi connectivity index (χ1) is 13.3. The number of aromatic nitrogens is 1. The Bertz CT molecular complexity index is 905. The largest absolute Gasteiger partial charge is 0.357 e. The van der Waals surface area contributed by atoms with Crippen LogP contribution in [0.1, 0.15) is 43.0 Å². The SMILES string of the molecule is CCNC(=NCc1ccccc1S(=O)(=O)N(C)C)NCc1nc(C(C)C)cs1. The maximum Gasteiger partial charge on any atom is 0.242 e. The second kappa shape index (κ2) is 9.99. The van der Waals surface area contributed by atoms with E-state index in [2.05, 4.69) is 39.8 Å². The van der Waals surface area contributed by atoms with Crippen LogP contribution in [0.5, 0.6) is 0 Å². The first-order valence-corrected chi connectivity index (χ1v) is 11.5. The van der Waals surface area contributed by atoms with Gasteiger partial charge in [0.2, 0.25) is 10.0 Å². The Balaban J connectivity index is 2.14. The lowest BCUT2D eigenvalue weighted by molar-refractivity contribution is 0.519. The van der Waals surface area contributed by atoms with Crippen molar-refractivity contribution in [3.05, 3.63) is 45.9 Å². The summed E-state index contributed by atoms with van der Waals surface area (Å²) >= 11 is 1.62. The zero-order valence-corrected chi connectivity index (χ0v) is 18.7. The van der Waals surface area contributed by atoms with Crippen molar-refractivity contribution in [1.29, 1.82) is 0 Å². The molecule has 0 aliphatic heterocycles. The highest BCUT2D eigenvalue weighted by atomic mass is 32.2. The third-order valence-corrected chi connectivity index (χ3v) is 6.83. The Kier molecular flexibility index (Phi) is 7.97. The summed E-state index contributed by atoms with van der Waals surface area (Å²) in [7, 11) is -0.457. The summed E-state index contributed by atoms with van der Waals surface area (Å²) in [5.41, 5.74) is 1.75. The van der Waals surface area contributed by atoms with Crippen molar-refractivity contribution in [1.82, 2.24) is 19.9 Å². The molecule has 0 saturated heterocycles. The predicted molar refractivity (Wildman–Crippen MR) is 115 cm³/mol. The molecule has 0 amide bonds. The standard InChI is InChI=1S/C19H29N5O2S2/c1-6-20-19(22-12-18-23-16(13-27-18)14(2)3)21-11-15-9-7-8-10-17(15)28(25,26)24(4)5/h7-10,13-14H,6,11-12H2,1-5H3,(H2,20,21,22). The molecule has 1 aromatic heterocycles. The van der Waals surface area contributed by atoms with Gasteiger partial charge in [0.1, 0.15) is 5.01 Å². The fourth-order valence-corrected chi connectivity index (χ4v) is 4.42. The monoisotopic (exact) mass is 423 g/mol. The van der Waals surface area contributed by atoms with Crippen molar-refractivity contribution in [2.45, 2.75) is 44.7 Å². The van der Waals surface area contributed by atoms with Gasteiger partial charge >= 0.3 is 0 Å². The molecule has 2 aromatic rings. The van der Waals surface area contributed by atoms with Crippen molar-refractivity contribution in [2.24, 2.45) is 4.99 Å². The van der Waals surface area contributed by atoms with Crippen LogP contribution in [-0.4, -0.2) is 44.3 Å². The van der Waals surface area contributed by atoms with Gasteiger partial charge in [0.25, 0.3) is 0 Å². The number of rotatable bonds is 8. The van der Waals surface area contributed by atoms with E-state index in [1.165, 1.54) is 18.4 Å². The topological polar surface area (TPSA) is 86.7 Å². The van der Waals surface area contributed by atoms with E-state index >= 15 is 0 Å². The summed E-state index contributed by atoms with van der Waals surface area (Å²) in [6, 6.07) is 6.95. The minimum atomic E-state index is -3.51. The van der Waals surface area contributed by atoms with Crippen LogP contribution in [0, 0.1) is 0 Å². The summed E-state index contributed by atoms with van der Waals surface area (Å²) in [4.78, 5) is 9.46. The average molecular weight is 424 g/mol. The lowest BCUT2D eigenvalue weighted by atomic mass is 10.2. The molecular weight excluding hydrogens is 394 g/mol. The van der Waals surface area contributed by atoms with Crippen molar-refractivity contribution in [3.63, 3.8) is 0 Å². The summed E-state index contributed by atoms with van der Waals surface area (Å²) in [6.45, 7) is 7.77. The van der Waals surface area contributed by atoms with Crippen molar-refractivity contribution >= 4 is 27.3 Å². The van der Waals surface area contributed by atoms with Gasteiger partial charge in [0.15, 0.2) is 5.96 Å². The van der Waals surface area contributed by atoms with Crippen LogP contribution in [0.2, 0.25) is 0 Å². The minimum Gasteiger partial charge on any atom is -0.357 e. The van der Waals surface area contributed by atoms with Gasteiger partial charge < -0.3 is 10.6 Å². The van der Waals surface area contributed by atoms with Gasteiger partial charge in [0.05, 0.1) is 23.7 Å². The number of sulfonamides is 1. The maximum absolute atomic E-state index is 12.5. The second-order valence-electron chi connectivity index (χ2n) is 6.76. The number of nitrogens with zero attached hydrogens (tertiary/aromatic N) is 3. The third-order valence-electron chi connectivity index (χ3n) is 4.05. The van der Waals surface area contributed by atoms with Crippen molar-refractivity contribution < 1.29 is 8.42 Å². The van der Waals surface area contributed by atoms with Crippen molar-refractivity contribution in [3.8, 4) is 0 Å². The molecule has 0 aliphatic rings. The summed E-state index contributed by atoms with van der Waals surface area (Å²) in [6.07, 6.45) is 0. The number of hydrogen-bond donors (Lipinski definition) is 2. The molecule has 0 saturated carbocycles. The Hall–Kier alpha value is -1.97. The Morgan fingerprint density at radius 3 is 2.57 bits per heavy atom. The van der Waals surface area contributed by atoms with Gasteiger partial charge in [-0.3, -0.25) is 0 Å². The average Bonchev–Trinajstić information content (AvgIpc) is 3.13. The van der Waals surface area contributed by atoms with Crippen molar-refractivity contribution in [2.75, 3.05) is 20.6 Å². The molecule has 0 fully saturated rings. The highest BCUT2D eigenvalue weighted by Crippen LogP contribution is 2.19. The molecule has 0 atom stereocenters. The maximum atomic E-state index is 12.5. The van der Waals surface area contributed by atoms with E-state index in [9.17, 15) is 8.42 Å². The molecule has 7 nitrogen and oxygen atoms in total. The molecule has 1 heterocycles. The number of aliphatic imine (C=N–C) groups is 1. The molecule has 2 N–H and O–H groups in total. The van der Waals surface area contributed by atoms with E-state index in [0.29, 0.717) is 30.5 Å². The molecule has 0 unspecified atom stereocenters. The molecule has 1 aromatic carbocycles. The van der Waals surface area contributed by atoms with Gasteiger partial charge in [-0.25, -0.2) is 22.7 Å². The van der Waals surface area contributed by atoms with Crippen LogP contribution in [0.3, 0.4) is 0 Å². The molecule has 154 valence electrons. The number of hydrogen-bond acceptors (Lipinski definition) is 5. The Labute approximate surface area is 172 Å². The molecule has 9 heteroatoms. The van der Waals surface area contributed by atoms with Gasteiger partial charge in [0, 0.05) is 26.0 Å². The molecule has 0 spiro atoms. The smallest absolute Gasteiger partial charge is 0.242 e. The fraction of sp³-hybridized carbons (Fsp3) is 0.474. The van der Waals surface area contributed by atoms with E-state index in [0.717, 1.165) is 10.7 Å². The van der Waals surface area contributed by atoms with Crippen LogP contribution in [0.15, 0.2) is 39.5 Å².